The molecular weight excluding hydrogens is 395 g/mol. The van der Waals surface area contributed by atoms with Gasteiger partial charge >= 0.3 is 0 Å². The average molecular weight is 412 g/mol. The highest BCUT2D eigenvalue weighted by Crippen LogP contribution is 2.31. The number of nitrogen functional groups attached to an aromatic ring is 1. The third kappa shape index (κ3) is 4.06. The number of nitrogens with one attached hydrogen (secondary N) is 1. The van der Waals surface area contributed by atoms with Gasteiger partial charge < -0.3 is 15.6 Å². The molecule has 29 heavy (non-hydrogen) atoms. The largest absolute Gasteiger partial charge is 0.486 e. The average Bonchev–Trinajstić information content (AvgIpc) is 3.07. The van der Waals surface area contributed by atoms with Crippen molar-refractivity contribution in [1.82, 2.24) is 24.8 Å². The van der Waals surface area contributed by atoms with Gasteiger partial charge in [0.15, 0.2) is 5.82 Å². The van der Waals surface area contributed by atoms with Crippen LogP contribution in [0.25, 0.3) is 10.9 Å². The van der Waals surface area contributed by atoms with Crippen molar-refractivity contribution in [2.45, 2.75) is 23.9 Å². The molecule has 0 saturated heterocycles. The second kappa shape index (κ2) is 7.92. The second-order valence-electron chi connectivity index (χ2n) is 6.24. The van der Waals surface area contributed by atoms with Crippen molar-refractivity contribution in [3.63, 3.8) is 0 Å². The zero-order valence-electron chi connectivity index (χ0n) is 15.4. The van der Waals surface area contributed by atoms with E-state index in [0.717, 1.165) is 0 Å². The number of para-hydroxylation sites is 1. The third-order valence-electron chi connectivity index (χ3n) is 4.22. The SMILES string of the molecule is C[C@H](Sc1nnc(COc2ccc(F)cc2)n1N)c1nc2ccccc2c(=O)[nH]1. The van der Waals surface area contributed by atoms with Crippen LogP contribution in [0.5, 0.6) is 5.75 Å². The molecule has 0 saturated carbocycles. The van der Waals surface area contributed by atoms with Gasteiger partial charge in [-0.3, -0.25) is 4.79 Å². The summed E-state index contributed by atoms with van der Waals surface area (Å²) in [4.78, 5) is 19.6. The van der Waals surface area contributed by atoms with E-state index >= 15 is 0 Å². The first-order valence-corrected chi connectivity index (χ1v) is 9.62. The number of benzene rings is 2. The Morgan fingerprint density at radius 2 is 1.97 bits per heavy atom. The molecule has 0 aliphatic rings. The van der Waals surface area contributed by atoms with Gasteiger partial charge in [-0.1, -0.05) is 23.9 Å². The Balaban J connectivity index is 1.48. The lowest BCUT2D eigenvalue weighted by Gasteiger charge is -2.11. The van der Waals surface area contributed by atoms with E-state index in [1.54, 1.807) is 18.2 Å². The molecule has 0 aliphatic carbocycles. The molecular formula is C19H17FN6O2S. The number of nitrogens with two attached hydrogens (primary N) is 1. The highest BCUT2D eigenvalue weighted by Gasteiger charge is 2.18. The molecule has 148 valence electrons. The molecule has 1 atom stereocenters. The number of thioether (sulfide) groups is 1. The van der Waals surface area contributed by atoms with Crippen LogP contribution in [0.15, 0.2) is 58.5 Å². The molecule has 0 spiro atoms. The molecule has 3 N–H and O–H groups in total. The van der Waals surface area contributed by atoms with E-state index in [1.165, 1.54) is 40.7 Å². The first-order valence-electron chi connectivity index (χ1n) is 8.74. The summed E-state index contributed by atoms with van der Waals surface area (Å²) in [5.74, 6) is 7.16. The fourth-order valence-corrected chi connectivity index (χ4v) is 3.52. The number of hydrogen-bond acceptors (Lipinski definition) is 7. The van der Waals surface area contributed by atoms with Crippen molar-refractivity contribution >= 4 is 22.7 Å². The molecule has 0 unspecified atom stereocenters. The van der Waals surface area contributed by atoms with E-state index in [-0.39, 0.29) is 23.2 Å². The Labute approximate surface area is 168 Å². The van der Waals surface area contributed by atoms with E-state index in [9.17, 15) is 9.18 Å². The minimum Gasteiger partial charge on any atom is -0.486 e. The molecule has 10 heteroatoms. The normalized spacial score (nSPS) is 12.2. The predicted molar refractivity (Wildman–Crippen MR) is 108 cm³/mol. The number of aromatic nitrogens is 5. The third-order valence-corrected chi connectivity index (χ3v) is 5.28. The van der Waals surface area contributed by atoms with E-state index in [2.05, 4.69) is 20.2 Å². The quantitative estimate of drug-likeness (QED) is 0.370. The molecule has 2 heterocycles. The van der Waals surface area contributed by atoms with Crippen LogP contribution in [0.3, 0.4) is 0 Å². The van der Waals surface area contributed by atoms with Gasteiger partial charge in [-0.25, -0.2) is 14.1 Å². The molecule has 0 amide bonds. The summed E-state index contributed by atoms with van der Waals surface area (Å²) in [6, 6.07) is 12.8. The standard InChI is InChI=1S/C19H17FN6O2S/c1-11(17-22-15-5-3-2-4-14(15)18(27)23-17)29-19-25-24-16(26(19)21)10-28-13-8-6-12(20)7-9-13/h2-9,11H,10,21H2,1H3,(H,22,23,27)/t11-/m0/s1. The smallest absolute Gasteiger partial charge is 0.258 e. The molecule has 0 aliphatic heterocycles. The van der Waals surface area contributed by atoms with Crippen molar-refractivity contribution in [3.8, 4) is 5.75 Å². The molecule has 8 nitrogen and oxygen atoms in total. The van der Waals surface area contributed by atoms with Crippen molar-refractivity contribution in [3.05, 3.63) is 76.4 Å². The zero-order chi connectivity index (χ0) is 20.4. The zero-order valence-corrected chi connectivity index (χ0v) is 16.2. The fourth-order valence-electron chi connectivity index (χ4n) is 2.68. The highest BCUT2D eigenvalue weighted by molar-refractivity contribution is 7.99. The van der Waals surface area contributed by atoms with Crippen molar-refractivity contribution < 1.29 is 9.13 Å². The summed E-state index contributed by atoms with van der Waals surface area (Å²) in [7, 11) is 0. The molecule has 0 fully saturated rings. The number of nitrogens with zero attached hydrogens (tertiary/aromatic N) is 4. The number of hydrogen-bond donors (Lipinski definition) is 2. The molecule has 4 rings (SSSR count). The topological polar surface area (TPSA) is 112 Å². The monoisotopic (exact) mass is 412 g/mol. The summed E-state index contributed by atoms with van der Waals surface area (Å²) in [5.41, 5.74) is 0.432. The lowest BCUT2D eigenvalue weighted by molar-refractivity contribution is 0.291. The van der Waals surface area contributed by atoms with Crippen LogP contribution < -0.4 is 16.1 Å². The van der Waals surface area contributed by atoms with Crippen LogP contribution in [0.4, 0.5) is 4.39 Å². The van der Waals surface area contributed by atoms with Gasteiger partial charge in [0, 0.05) is 0 Å². The summed E-state index contributed by atoms with van der Waals surface area (Å²) < 4.78 is 19.8. The van der Waals surface area contributed by atoms with Gasteiger partial charge in [0.1, 0.15) is 24.0 Å². The summed E-state index contributed by atoms with van der Waals surface area (Å²) in [6.07, 6.45) is 0. The summed E-state index contributed by atoms with van der Waals surface area (Å²) in [6.45, 7) is 1.97. The van der Waals surface area contributed by atoms with Crippen molar-refractivity contribution in [1.29, 1.82) is 0 Å². The first kappa shape index (κ1) is 18.9. The number of rotatable bonds is 6. The molecule has 0 bridgehead atoms. The maximum Gasteiger partial charge on any atom is 0.258 e. The maximum absolute atomic E-state index is 13.0. The van der Waals surface area contributed by atoms with Gasteiger partial charge in [-0.15, -0.1) is 10.2 Å². The summed E-state index contributed by atoms with van der Waals surface area (Å²) in [5, 5.41) is 8.89. The van der Waals surface area contributed by atoms with Crippen LogP contribution in [0.1, 0.15) is 23.8 Å². The predicted octanol–water partition coefficient (Wildman–Crippen LogP) is 2.80. The number of H-pyrrole nitrogens is 1. The Kier molecular flexibility index (Phi) is 5.17. The van der Waals surface area contributed by atoms with Gasteiger partial charge in [0.05, 0.1) is 16.2 Å². The van der Waals surface area contributed by atoms with Crippen molar-refractivity contribution in [2.75, 3.05) is 5.84 Å². The first-order chi connectivity index (χ1) is 14.0. The van der Waals surface area contributed by atoms with Crippen LogP contribution in [0.2, 0.25) is 0 Å². The van der Waals surface area contributed by atoms with Gasteiger partial charge in [0.2, 0.25) is 5.16 Å². The van der Waals surface area contributed by atoms with Crippen LogP contribution >= 0.6 is 11.8 Å². The minimum absolute atomic E-state index is 0.0785. The van der Waals surface area contributed by atoms with Crippen molar-refractivity contribution in [2.24, 2.45) is 0 Å². The molecule has 4 aromatic rings. The molecule has 2 aromatic carbocycles. The van der Waals surface area contributed by atoms with Gasteiger partial charge in [0.25, 0.3) is 5.56 Å². The summed E-state index contributed by atoms with van der Waals surface area (Å²) >= 11 is 1.31. The van der Waals surface area contributed by atoms with Gasteiger partial charge in [-0.2, -0.15) is 0 Å². The molecule has 0 radical (unpaired) electrons. The number of aromatic amines is 1. The second-order valence-corrected chi connectivity index (χ2v) is 7.55. The van der Waals surface area contributed by atoms with Crippen LogP contribution in [0, 0.1) is 5.82 Å². The van der Waals surface area contributed by atoms with Gasteiger partial charge in [-0.05, 0) is 43.3 Å². The van der Waals surface area contributed by atoms with Crippen LogP contribution in [-0.4, -0.2) is 24.8 Å². The Morgan fingerprint density at radius 3 is 2.76 bits per heavy atom. The fraction of sp³-hybridized carbons (Fsp3) is 0.158. The lowest BCUT2D eigenvalue weighted by Crippen LogP contribution is -2.17. The van der Waals surface area contributed by atoms with Crippen LogP contribution in [-0.2, 0) is 6.61 Å². The van der Waals surface area contributed by atoms with E-state index in [1.807, 2.05) is 13.0 Å². The highest BCUT2D eigenvalue weighted by atomic mass is 32.2. The van der Waals surface area contributed by atoms with E-state index < -0.39 is 0 Å². The maximum atomic E-state index is 13.0. The van der Waals surface area contributed by atoms with E-state index in [4.69, 9.17) is 10.6 Å². The Hall–Kier alpha value is -3.40. The minimum atomic E-state index is -0.340. The number of ether oxygens (including phenoxy) is 1. The number of halogens is 1. The van der Waals surface area contributed by atoms with E-state index in [0.29, 0.717) is 33.5 Å². The molecule has 2 aromatic heterocycles. The Morgan fingerprint density at radius 1 is 1.21 bits per heavy atom. The lowest BCUT2D eigenvalue weighted by atomic mass is 10.2. The number of fused-ring (bicyclic) bond motifs is 1. The Bertz CT molecular complexity index is 1210.